The monoisotopic (exact) mass is 235 g/mol. The summed E-state index contributed by atoms with van der Waals surface area (Å²) in [4.78, 5) is 3.87. The van der Waals surface area contributed by atoms with E-state index in [2.05, 4.69) is 10.1 Å². The minimum atomic E-state index is -4.20. The van der Waals surface area contributed by atoms with Crippen molar-refractivity contribution >= 4 is 0 Å². The molecule has 1 unspecified atom stereocenters. The van der Waals surface area contributed by atoms with Gasteiger partial charge in [-0.2, -0.15) is 18.2 Å². The fourth-order valence-corrected chi connectivity index (χ4v) is 1.41. The first-order valence-electron chi connectivity index (χ1n) is 5.10. The molecular formula is C9H12F3N3O. The van der Waals surface area contributed by atoms with Gasteiger partial charge in [0.05, 0.1) is 12.5 Å². The summed E-state index contributed by atoms with van der Waals surface area (Å²) in [5, 5.41) is 3.48. The molecule has 1 aromatic heterocycles. The number of aromatic nitrogens is 2. The number of hydrogen-bond acceptors (Lipinski definition) is 4. The first-order valence-corrected chi connectivity index (χ1v) is 5.10. The van der Waals surface area contributed by atoms with Gasteiger partial charge in [0.2, 0.25) is 5.89 Å². The Morgan fingerprint density at radius 1 is 1.44 bits per heavy atom. The molecule has 0 radical (unpaired) electrons. The summed E-state index contributed by atoms with van der Waals surface area (Å²) < 4.78 is 40.6. The van der Waals surface area contributed by atoms with Crippen molar-refractivity contribution in [1.82, 2.24) is 10.1 Å². The maximum Gasteiger partial charge on any atom is 0.389 e. The summed E-state index contributed by atoms with van der Waals surface area (Å²) in [6.07, 6.45) is -3.36. The lowest BCUT2D eigenvalue weighted by Crippen LogP contribution is -2.13. The van der Waals surface area contributed by atoms with Crippen LogP contribution in [0.15, 0.2) is 4.52 Å². The first-order chi connectivity index (χ1) is 7.46. The molecule has 90 valence electrons. The van der Waals surface area contributed by atoms with Gasteiger partial charge in [0.15, 0.2) is 5.82 Å². The molecule has 1 fully saturated rings. The van der Waals surface area contributed by atoms with Gasteiger partial charge in [-0.05, 0) is 18.8 Å². The number of alkyl halides is 3. The van der Waals surface area contributed by atoms with E-state index in [1.807, 2.05) is 0 Å². The van der Waals surface area contributed by atoms with E-state index in [0.29, 0.717) is 5.92 Å². The van der Waals surface area contributed by atoms with Gasteiger partial charge in [0, 0.05) is 6.42 Å². The van der Waals surface area contributed by atoms with E-state index in [1.165, 1.54) is 0 Å². The van der Waals surface area contributed by atoms with Crippen LogP contribution in [-0.4, -0.2) is 16.3 Å². The van der Waals surface area contributed by atoms with E-state index in [1.54, 1.807) is 0 Å². The molecule has 0 saturated heterocycles. The Balaban J connectivity index is 1.91. The van der Waals surface area contributed by atoms with E-state index in [4.69, 9.17) is 10.3 Å². The van der Waals surface area contributed by atoms with Gasteiger partial charge >= 0.3 is 6.18 Å². The van der Waals surface area contributed by atoms with Crippen LogP contribution in [0.4, 0.5) is 13.2 Å². The second kappa shape index (κ2) is 4.04. The van der Waals surface area contributed by atoms with E-state index >= 15 is 0 Å². The largest absolute Gasteiger partial charge is 0.389 e. The summed E-state index contributed by atoms with van der Waals surface area (Å²) in [5.74, 6) is 0.666. The van der Waals surface area contributed by atoms with Crippen LogP contribution in [0.2, 0.25) is 0 Å². The van der Waals surface area contributed by atoms with Crippen LogP contribution in [0, 0.1) is 5.92 Å². The average molecular weight is 235 g/mol. The van der Waals surface area contributed by atoms with E-state index in [9.17, 15) is 13.2 Å². The third-order valence-corrected chi connectivity index (χ3v) is 2.53. The van der Waals surface area contributed by atoms with Crippen molar-refractivity contribution in [2.45, 2.75) is 37.9 Å². The molecule has 16 heavy (non-hydrogen) atoms. The molecule has 0 bridgehead atoms. The van der Waals surface area contributed by atoms with Gasteiger partial charge < -0.3 is 10.3 Å². The second-order valence-electron chi connectivity index (χ2n) is 4.03. The van der Waals surface area contributed by atoms with Crippen molar-refractivity contribution in [3.05, 3.63) is 11.7 Å². The van der Waals surface area contributed by atoms with E-state index in [-0.39, 0.29) is 24.2 Å². The van der Waals surface area contributed by atoms with Gasteiger partial charge in [-0.1, -0.05) is 5.16 Å². The molecule has 0 amide bonds. The predicted molar refractivity (Wildman–Crippen MR) is 48.3 cm³/mol. The third-order valence-electron chi connectivity index (χ3n) is 2.53. The normalized spacial score (nSPS) is 18.8. The summed E-state index contributed by atoms with van der Waals surface area (Å²) in [6, 6.07) is -0.327. The van der Waals surface area contributed by atoms with Gasteiger partial charge in [0.25, 0.3) is 0 Å². The van der Waals surface area contributed by atoms with Gasteiger partial charge in [0.1, 0.15) is 0 Å². The lowest BCUT2D eigenvalue weighted by Gasteiger charge is -2.02. The molecule has 7 heteroatoms. The van der Waals surface area contributed by atoms with Gasteiger partial charge in [-0.3, -0.25) is 0 Å². The maximum atomic E-state index is 11.9. The highest BCUT2D eigenvalue weighted by atomic mass is 19.4. The number of nitrogens with two attached hydrogens (primary N) is 1. The predicted octanol–water partition coefficient (Wildman–Crippen LogP) is 1.97. The van der Waals surface area contributed by atoms with Crippen molar-refractivity contribution < 1.29 is 17.7 Å². The van der Waals surface area contributed by atoms with Crippen LogP contribution in [0.25, 0.3) is 0 Å². The summed E-state index contributed by atoms with van der Waals surface area (Å²) >= 11 is 0. The van der Waals surface area contributed by atoms with Crippen molar-refractivity contribution in [2.24, 2.45) is 11.7 Å². The van der Waals surface area contributed by atoms with Crippen LogP contribution >= 0.6 is 0 Å². The zero-order chi connectivity index (χ0) is 11.8. The molecule has 1 atom stereocenters. The SMILES string of the molecule is NC(c1nc(CCC(F)(F)F)no1)C1CC1. The van der Waals surface area contributed by atoms with E-state index < -0.39 is 12.6 Å². The minimum absolute atomic E-state index is 0.0726. The Kier molecular flexibility index (Phi) is 2.88. The number of nitrogens with zero attached hydrogens (tertiary/aromatic N) is 2. The average Bonchev–Trinajstić information content (AvgIpc) is 2.92. The Morgan fingerprint density at radius 2 is 2.12 bits per heavy atom. The van der Waals surface area contributed by atoms with E-state index in [0.717, 1.165) is 12.8 Å². The lowest BCUT2D eigenvalue weighted by molar-refractivity contribution is -0.134. The van der Waals surface area contributed by atoms with Gasteiger partial charge in [-0.25, -0.2) is 0 Å². The highest BCUT2D eigenvalue weighted by Gasteiger charge is 2.33. The van der Waals surface area contributed by atoms with Crippen molar-refractivity contribution in [3.63, 3.8) is 0 Å². The van der Waals surface area contributed by atoms with Crippen LogP contribution in [0.3, 0.4) is 0 Å². The Labute approximate surface area is 90.0 Å². The summed E-state index contributed by atoms with van der Waals surface area (Å²) in [5.41, 5.74) is 5.78. The molecular weight excluding hydrogens is 223 g/mol. The van der Waals surface area contributed by atoms with Crippen molar-refractivity contribution in [3.8, 4) is 0 Å². The van der Waals surface area contributed by atoms with Crippen LogP contribution in [0.5, 0.6) is 0 Å². The maximum absolute atomic E-state index is 11.9. The van der Waals surface area contributed by atoms with Gasteiger partial charge in [-0.15, -0.1) is 0 Å². The number of hydrogen-bond donors (Lipinski definition) is 1. The molecule has 2 N–H and O–H groups in total. The molecule has 1 heterocycles. The molecule has 0 spiro atoms. The topological polar surface area (TPSA) is 64.9 Å². The zero-order valence-corrected chi connectivity index (χ0v) is 8.50. The van der Waals surface area contributed by atoms with Crippen molar-refractivity contribution in [1.29, 1.82) is 0 Å². The van der Waals surface area contributed by atoms with Crippen molar-refractivity contribution in [2.75, 3.05) is 0 Å². The fraction of sp³-hybridized carbons (Fsp3) is 0.778. The zero-order valence-electron chi connectivity index (χ0n) is 8.50. The number of halogens is 3. The minimum Gasteiger partial charge on any atom is -0.338 e. The highest BCUT2D eigenvalue weighted by molar-refractivity contribution is 4.98. The molecule has 0 aliphatic heterocycles. The molecule has 0 aromatic carbocycles. The number of rotatable bonds is 4. The first kappa shape index (κ1) is 11.4. The molecule has 4 nitrogen and oxygen atoms in total. The van der Waals surface area contributed by atoms with Crippen LogP contribution in [0.1, 0.15) is 37.0 Å². The van der Waals surface area contributed by atoms with Crippen LogP contribution < -0.4 is 5.73 Å². The smallest absolute Gasteiger partial charge is 0.338 e. The number of aryl methyl sites for hydroxylation is 1. The quantitative estimate of drug-likeness (QED) is 0.866. The highest BCUT2D eigenvalue weighted by Crippen LogP contribution is 2.38. The summed E-state index contributed by atoms with van der Waals surface area (Å²) in [7, 11) is 0. The fourth-order valence-electron chi connectivity index (χ4n) is 1.41. The third kappa shape index (κ3) is 2.94. The Morgan fingerprint density at radius 3 is 2.69 bits per heavy atom. The van der Waals surface area contributed by atoms with Crippen LogP contribution in [-0.2, 0) is 6.42 Å². The Bertz CT molecular complexity index is 359. The second-order valence-corrected chi connectivity index (χ2v) is 4.03. The molecule has 1 saturated carbocycles. The molecule has 1 aliphatic carbocycles. The standard InChI is InChI=1S/C9H12F3N3O/c10-9(11,12)4-3-6-14-8(16-15-6)7(13)5-1-2-5/h5,7H,1-4,13H2. The molecule has 2 rings (SSSR count). The molecule has 1 aromatic rings. The summed E-state index contributed by atoms with van der Waals surface area (Å²) in [6.45, 7) is 0. The Hall–Kier alpha value is -1.11. The molecule has 1 aliphatic rings. The lowest BCUT2D eigenvalue weighted by atomic mass is 10.2.